The monoisotopic (exact) mass is 381 g/mol. The normalized spacial score (nSPS) is 19.1. The minimum Gasteiger partial charge on any atom is -0.339 e. The first kappa shape index (κ1) is 18.6. The highest BCUT2D eigenvalue weighted by atomic mass is 19.1. The number of benzene rings is 1. The van der Waals surface area contributed by atoms with E-state index in [9.17, 15) is 14.0 Å². The molecule has 0 aliphatic carbocycles. The number of rotatable bonds is 2. The molecule has 0 bridgehead atoms. The molecule has 3 heterocycles. The molecule has 0 unspecified atom stereocenters. The Balaban J connectivity index is 1.47. The molecular formula is C22H24FN3O2. The molecule has 1 aromatic heterocycles. The summed E-state index contributed by atoms with van der Waals surface area (Å²) < 4.78 is 13.2. The van der Waals surface area contributed by atoms with Gasteiger partial charge in [-0.25, -0.2) is 4.39 Å². The van der Waals surface area contributed by atoms with Crippen LogP contribution in [0.25, 0.3) is 0 Å². The zero-order valence-electron chi connectivity index (χ0n) is 16.0. The molecule has 0 saturated carbocycles. The molecule has 0 radical (unpaired) electrons. The third kappa shape index (κ3) is 3.39. The predicted molar refractivity (Wildman–Crippen MR) is 105 cm³/mol. The van der Waals surface area contributed by atoms with E-state index in [2.05, 4.69) is 4.98 Å². The number of anilines is 1. The molecule has 4 rings (SSSR count). The van der Waals surface area contributed by atoms with E-state index in [1.54, 1.807) is 35.4 Å². The first-order chi connectivity index (χ1) is 13.5. The summed E-state index contributed by atoms with van der Waals surface area (Å²) in [6, 6.07) is 9.65. The Morgan fingerprint density at radius 2 is 1.79 bits per heavy atom. The van der Waals surface area contributed by atoms with Crippen LogP contribution in [0.1, 0.15) is 41.7 Å². The van der Waals surface area contributed by atoms with Crippen LogP contribution in [0.2, 0.25) is 0 Å². The molecule has 0 N–H and O–H groups in total. The third-order valence-corrected chi connectivity index (χ3v) is 6.03. The van der Waals surface area contributed by atoms with Crippen molar-refractivity contribution in [2.24, 2.45) is 5.41 Å². The van der Waals surface area contributed by atoms with E-state index in [1.807, 2.05) is 11.8 Å². The summed E-state index contributed by atoms with van der Waals surface area (Å²) in [6.45, 7) is 3.67. The Labute approximate surface area is 164 Å². The number of hydrogen-bond donors (Lipinski definition) is 0. The van der Waals surface area contributed by atoms with Gasteiger partial charge >= 0.3 is 0 Å². The van der Waals surface area contributed by atoms with Crippen LogP contribution in [0.4, 0.5) is 10.1 Å². The number of likely N-dealkylation sites (tertiary alicyclic amines) is 1. The average Bonchev–Trinajstić information content (AvgIpc) is 2.71. The van der Waals surface area contributed by atoms with E-state index in [4.69, 9.17) is 0 Å². The molecule has 0 atom stereocenters. The second kappa shape index (κ2) is 7.34. The maximum atomic E-state index is 13.3. The van der Waals surface area contributed by atoms with Gasteiger partial charge in [0.2, 0.25) is 5.91 Å². The molecule has 28 heavy (non-hydrogen) atoms. The highest BCUT2D eigenvalue weighted by Crippen LogP contribution is 2.42. The zero-order valence-corrected chi connectivity index (χ0v) is 16.0. The van der Waals surface area contributed by atoms with Crippen LogP contribution in [-0.4, -0.2) is 41.3 Å². The molecular weight excluding hydrogens is 357 g/mol. The SMILES string of the molecule is Cc1cc(C(=O)N2CCC3(CCCN(c4ccc(F)cc4)C3=O)CC2)ccn1. The second-order valence-electron chi connectivity index (χ2n) is 7.80. The number of carbonyl (C=O) groups excluding carboxylic acids is 2. The molecule has 1 aromatic carbocycles. The van der Waals surface area contributed by atoms with Crippen molar-refractivity contribution in [2.75, 3.05) is 24.5 Å². The number of nitrogens with zero attached hydrogens (tertiary/aromatic N) is 3. The Bertz CT molecular complexity index is 889. The van der Waals surface area contributed by atoms with E-state index in [0.29, 0.717) is 38.0 Å². The quantitative estimate of drug-likeness (QED) is 0.799. The number of halogens is 1. The van der Waals surface area contributed by atoms with Crippen LogP contribution in [0.3, 0.4) is 0 Å². The lowest BCUT2D eigenvalue weighted by Gasteiger charge is -2.46. The number of amides is 2. The van der Waals surface area contributed by atoms with Gasteiger partial charge in [-0.3, -0.25) is 14.6 Å². The molecule has 2 fully saturated rings. The smallest absolute Gasteiger partial charge is 0.253 e. The van der Waals surface area contributed by atoms with Gasteiger partial charge in [0.15, 0.2) is 0 Å². The Morgan fingerprint density at radius 3 is 2.46 bits per heavy atom. The van der Waals surface area contributed by atoms with Crippen molar-refractivity contribution < 1.29 is 14.0 Å². The summed E-state index contributed by atoms with van der Waals surface area (Å²) in [4.78, 5) is 33.9. The first-order valence-electron chi connectivity index (χ1n) is 9.78. The standard InChI is InChI=1S/C22H24FN3O2/c1-16-15-17(7-11-24-16)20(27)25-13-9-22(10-14-25)8-2-12-26(21(22)28)19-5-3-18(23)4-6-19/h3-7,11,15H,2,8-10,12-14H2,1H3. The van der Waals surface area contributed by atoms with Crippen LogP contribution < -0.4 is 4.90 Å². The van der Waals surface area contributed by atoms with E-state index < -0.39 is 5.41 Å². The molecule has 5 nitrogen and oxygen atoms in total. The van der Waals surface area contributed by atoms with Gasteiger partial charge in [0.05, 0.1) is 5.41 Å². The number of piperidine rings is 2. The summed E-state index contributed by atoms with van der Waals surface area (Å²) in [7, 11) is 0. The van der Waals surface area contributed by atoms with Crippen LogP contribution in [-0.2, 0) is 4.79 Å². The van der Waals surface area contributed by atoms with Crippen LogP contribution in [0, 0.1) is 18.2 Å². The van der Waals surface area contributed by atoms with Gasteiger partial charge in [-0.2, -0.15) is 0 Å². The number of aromatic nitrogens is 1. The van der Waals surface area contributed by atoms with E-state index in [1.165, 1.54) is 12.1 Å². The highest BCUT2D eigenvalue weighted by Gasteiger charge is 2.46. The Hall–Kier alpha value is -2.76. The lowest BCUT2D eigenvalue weighted by molar-refractivity contribution is -0.133. The highest BCUT2D eigenvalue weighted by molar-refractivity contribution is 5.99. The largest absolute Gasteiger partial charge is 0.339 e. The van der Waals surface area contributed by atoms with Crippen LogP contribution in [0.5, 0.6) is 0 Å². The minimum absolute atomic E-state index is 0.000927. The van der Waals surface area contributed by atoms with Gasteiger partial charge in [-0.05, 0) is 69.0 Å². The molecule has 2 aromatic rings. The maximum absolute atomic E-state index is 13.3. The lowest BCUT2D eigenvalue weighted by atomic mass is 9.71. The van der Waals surface area contributed by atoms with Crippen molar-refractivity contribution in [1.29, 1.82) is 0 Å². The number of hydrogen-bond acceptors (Lipinski definition) is 3. The summed E-state index contributed by atoms with van der Waals surface area (Å²) in [5.41, 5.74) is 1.79. The number of carbonyl (C=O) groups is 2. The van der Waals surface area contributed by atoms with Crippen molar-refractivity contribution in [3.05, 3.63) is 59.7 Å². The van der Waals surface area contributed by atoms with Gasteiger partial charge in [0.25, 0.3) is 5.91 Å². The molecule has 1 spiro atoms. The van der Waals surface area contributed by atoms with Crippen molar-refractivity contribution >= 4 is 17.5 Å². The minimum atomic E-state index is -0.419. The molecule has 2 aliphatic rings. The topological polar surface area (TPSA) is 53.5 Å². The third-order valence-electron chi connectivity index (χ3n) is 6.03. The molecule has 2 amide bonds. The van der Waals surface area contributed by atoms with Gasteiger partial charge in [0, 0.05) is 42.8 Å². The lowest BCUT2D eigenvalue weighted by Crippen LogP contribution is -2.54. The maximum Gasteiger partial charge on any atom is 0.253 e. The number of pyridine rings is 1. The van der Waals surface area contributed by atoms with Crippen molar-refractivity contribution in [3.63, 3.8) is 0 Å². The number of aryl methyl sites for hydroxylation is 1. The molecule has 2 saturated heterocycles. The van der Waals surface area contributed by atoms with Crippen molar-refractivity contribution in [1.82, 2.24) is 9.88 Å². The molecule has 2 aliphatic heterocycles. The average molecular weight is 381 g/mol. The zero-order chi connectivity index (χ0) is 19.7. The van der Waals surface area contributed by atoms with Crippen molar-refractivity contribution in [3.8, 4) is 0 Å². The van der Waals surface area contributed by atoms with E-state index >= 15 is 0 Å². The van der Waals surface area contributed by atoms with Gasteiger partial charge in [-0.15, -0.1) is 0 Å². The van der Waals surface area contributed by atoms with Gasteiger partial charge in [-0.1, -0.05) is 0 Å². The molecule has 146 valence electrons. The Kier molecular flexibility index (Phi) is 4.87. The van der Waals surface area contributed by atoms with Crippen LogP contribution in [0.15, 0.2) is 42.6 Å². The van der Waals surface area contributed by atoms with Crippen molar-refractivity contribution in [2.45, 2.75) is 32.6 Å². The predicted octanol–water partition coefficient (Wildman–Crippen LogP) is 3.58. The Morgan fingerprint density at radius 1 is 1.07 bits per heavy atom. The second-order valence-corrected chi connectivity index (χ2v) is 7.80. The summed E-state index contributed by atoms with van der Waals surface area (Å²) in [5, 5.41) is 0. The fourth-order valence-corrected chi connectivity index (χ4v) is 4.40. The van der Waals surface area contributed by atoms with Gasteiger partial charge in [0.1, 0.15) is 5.82 Å². The first-order valence-corrected chi connectivity index (χ1v) is 9.78. The fraction of sp³-hybridized carbons (Fsp3) is 0.409. The van der Waals surface area contributed by atoms with E-state index in [0.717, 1.165) is 24.2 Å². The van der Waals surface area contributed by atoms with Gasteiger partial charge < -0.3 is 9.80 Å². The summed E-state index contributed by atoms with van der Waals surface area (Å²) in [5.74, 6) is -0.197. The van der Waals surface area contributed by atoms with Crippen LogP contribution >= 0.6 is 0 Å². The summed E-state index contributed by atoms with van der Waals surface area (Å²) >= 11 is 0. The fourth-order valence-electron chi connectivity index (χ4n) is 4.40. The molecule has 6 heteroatoms. The summed E-state index contributed by atoms with van der Waals surface area (Å²) in [6.07, 6.45) is 4.75. The van der Waals surface area contributed by atoms with E-state index in [-0.39, 0.29) is 17.6 Å².